The molecule has 47 heavy (non-hydrogen) atoms. The van der Waals surface area contributed by atoms with E-state index in [0.29, 0.717) is 56.0 Å². The minimum Gasteiger partial charge on any atom is -0.486 e. The number of piperidine rings is 1. The Kier molecular flexibility index (Phi) is 9.93. The van der Waals surface area contributed by atoms with Gasteiger partial charge in [0.25, 0.3) is 10.0 Å². The highest BCUT2D eigenvalue weighted by Gasteiger charge is 2.37. The number of carboxylic acid groups (broad SMARTS) is 1. The largest absolute Gasteiger partial charge is 0.486 e. The highest BCUT2D eigenvalue weighted by molar-refractivity contribution is 7.92. The first-order valence-corrected chi connectivity index (χ1v) is 16.8. The van der Waals surface area contributed by atoms with Gasteiger partial charge in [-0.15, -0.1) is 0 Å². The number of benzene rings is 3. The number of halogens is 5. The van der Waals surface area contributed by atoms with E-state index in [0.717, 1.165) is 28.2 Å². The second-order valence-corrected chi connectivity index (χ2v) is 13.9. The molecule has 0 amide bonds. The quantitative estimate of drug-likeness (QED) is 0.180. The standard InChI is InChI=1S/C34H33ClF4N2O5S/c1-21(32-28(35)7-4-8-29(32)36)17-23-10-12-31-30(18-23)41(47(44,45)27-6-3-5-25(19-27)34(37,38)39)20-26(46-31)11-9-22(2)40-15-13-24(14-16-40)33(42)43/h3-8,10,12,17-19,24,26H,2,9,11,13-16,20H2,1H3,(H,42,43). The van der Waals surface area contributed by atoms with Crippen LogP contribution >= 0.6 is 11.6 Å². The number of ether oxygens (including phenoxy) is 1. The fourth-order valence-corrected chi connectivity index (χ4v) is 7.74. The lowest BCUT2D eigenvalue weighted by molar-refractivity contribution is -0.143. The molecule has 3 aromatic rings. The number of rotatable bonds is 9. The summed E-state index contributed by atoms with van der Waals surface area (Å²) in [5, 5.41) is 9.49. The third kappa shape index (κ3) is 7.59. The van der Waals surface area contributed by atoms with Crippen molar-refractivity contribution in [2.45, 2.75) is 49.8 Å². The molecule has 0 radical (unpaired) electrons. The number of likely N-dealkylation sites (tertiary alicyclic amines) is 1. The van der Waals surface area contributed by atoms with E-state index in [2.05, 4.69) is 6.58 Å². The number of nitrogens with zero attached hydrogens (tertiary/aromatic N) is 2. The summed E-state index contributed by atoms with van der Waals surface area (Å²) < 4.78 is 90.6. The van der Waals surface area contributed by atoms with Crippen molar-refractivity contribution in [1.82, 2.24) is 4.90 Å². The number of sulfonamides is 1. The number of alkyl halides is 3. The number of hydrogen-bond acceptors (Lipinski definition) is 5. The molecule has 1 unspecified atom stereocenters. The van der Waals surface area contributed by atoms with Crippen LogP contribution in [0.1, 0.15) is 49.3 Å². The molecule has 3 aromatic carbocycles. The molecule has 13 heteroatoms. The third-order valence-electron chi connectivity index (χ3n) is 8.45. The van der Waals surface area contributed by atoms with Gasteiger partial charge < -0.3 is 14.7 Å². The fraction of sp³-hybridized carbons (Fsp3) is 0.324. The van der Waals surface area contributed by atoms with Gasteiger partial charge in [0.05, 0.1) is 33.6 Å². The molecule has 2 heterocycles. The SMILES string of the molecule is C=C(CCC1CN(S(=O)(=O)c2cccc(C(F)(F)F)c2)c2cc(C=C(C)c3c(F)cccc3Cl)ccc2O1)N1CCC(C(=O)O)CC1. The Balaban J connectivity index is 1.46. The molecule has 250 valence electrons. The van der Waals surface area contributed by atoms with Gasteiger partial charge in [-0.2, -0.15) is 13.2 Å². The Bertz CT molecular complexity index is 1800. The molecule has 0 spiro atoms. The van der Waals surface area contributed by atoms with Crippen molar-refractivity contribution < 1.29 is 40.6 Å². The number of anilines is 1. The van der Waals surface area contributed by atoms with Gasteiger partial charge in [-0.05, 0) is 86.2 Å². The van der Waals surface area contributed by atoms with Crippen molar-refractivity contribution >= 4 is 44.9 Å². The first-order chi connectivity index (χ1) is 22.1. The van der Waals surface area contributed by atoms with Crippen LogP contribution in [0.15, 0.2) is 77.8 Å². The zero-order chi connectivity index (χ0) is 34.1. The lowest BCUT2D eigenvalue weighted by Gasteiger charge is -2.37. The van der Waals surface area contributed by atoms with Crippen LogP contribution in [0.25, 0.3) is 11.6 Å². The summed E-state index contributed by atoms with van der Waals surface area (Å²) in [6.07, 6.45) is -2.04. The van der Waals surface area contributed by atoms with Crippen LogP contribution in [-0.2, 0) is 21.0 Å². The smallest absolute Gasteiger partial charge is 0.416 e. The molecule has 1 saturated heterocycles. The second-order valence-electron chi connectivity index (χ2n) is 11.7. The summed E-state index contributed by atoms with van der Waals surface area (Å²) in [5.74, 6) is -1.55. The molecule has 1 N–H and O–H groups in total. The third-order valence-corrected chi connectivity index (χ3v) is 10.5. The molecular formula is C34H33ClF4N2O5S. The first kappa shape index (κ1) is 34.3. The van der Waals surface area contributed by atoms with Gasteiger partial charge in [0.2, 0.25) is 0 Å². The number of carboxylic acids is 1. The Morgan fingerprint density at radius 1 is 1.11 bits per heavy atom. The van der Waals surface area contributed by atoms with Gasteiger partial charge in [0.1, 0.15) is 17.7 Å². The summed E-state index contributed by atoms with van der Waals surface area (Å²) in [7, 11) is -4.51. The van der Waals surface area contributed by atoms with Crippen molar-refractivity contribution in [3.05, 3.63) is 100 Å². The summed E-state index contributed by atoms with van der Waals surface area (Å²) in [4.78, 5) is 12.8. The number of fused-ring (bicyclic) bond motifs is 1. The van der Waals surface area contributed by atoms with E-state index in [4.69, 9.17) is 16.3 Å². The minimum absolute atomic E-state index is 0.120. The van der Waals surface area contributed by atoms with Gasteiger partial charge in [0, 0.05) is 24.4 Å². The Morgan fingerprint density at radius 2 is 1.81 bits per heavy atom. The molecule has 0 bridgehead atoms. The number of hydrogen-bond donors (Lipinski definition) is 1. The maximum absolute atomic E-state index is 14.6. The number of allylic oxidation sites excluding steroid dienone is 2. The van der Waals surface area contributed by atoms with Crippen LogP contribution < -0.4 is 9.04 Å². The van der Waals surface area contributed by atoms with Gasteiger partial charge >= 0.3 is 12.1 Å². The summed E-state index contributed by atoms with van der Waals surface area (Å²) >= 11 is 6.24. The van der Waals surface area contributed by atoms with Crippen LogP contribution in [0.3, 0.4) is 0 Å². The van der Waals surface area contributed by atoms with Crippen molar-refractivity contribution in [3.63, 3.8) is 0 Å². The van der Waals surface area contributed by atoms with Crippen LogP contribution in [0.5, 0.6) is 5.75 Å². The monoisotopic (exact) mass is 692 g/mol. The first-order valence-electron chi connectivity index (χ1n) is 14.9. The zero-order valence-corrected chi connectivity index (χ0v) is 27.0. The van der Waals surface area contributed by atoms with Gasteiger partial charge in [-0.25, -0.2) is 12.8 Å². The molecular weight excluding hydrogens is 660 g/mol. The molecule has 1 fully saturated rings. The average Bonchev–Trinajstić information content (AvgIpc) is 3.03. The summed E-state index contributed by atoms with van der Waals surface area (Å²) in [6.45, 7) is 6.68. The predicted octanol–water partition coefficient (Wildman–Crippen LogP) is 8.11. The molecule has 7 nitrogen and oxygen atoms in total. The van der Waals surface area contributed by atoms with E-state index in [1.165, 1.54) is 18.2 Å². The highest BCUT2D eigenvalue weighted by Crippen LogP contribution is 2.41. The van der Waals surface area contributed by atoms with Crippen molar-refractivity contribution in [1.29, 1.82) is 0 Å². The highest BCUT2D eigenvalue weighted by atomic mass is 35.5. The maximum atomic E-state index is 14.6. The molecule has 1 atom stereocenters. The van der Waals surface area contributed by atoms with Crippen LogP contribution in [-0.4, -0.2) is 50.1 Å². The fourth-order valence-electron chi connectivity index (χ4n) is 5.88. The lowest BCUT2D eigenvalue weighted by atomic mass is 9.96. The maximum Gasteiger partial charge on any atom is 0.416 e. The van der Waals surface area contributed by atoms with E-state index in [1.54, 1.807) is 31.2 Å². The molecule has 0 saturated carbocycles. The normalized spacial score (nSPS) is 17.7. The zero-order valence-electron chi connectivity index (χ0n) is 25.4. The van der Waals surface area contributed by atoms with E-state index in [-0.39, 0.29) is 28.6 Å². The number of carbonyl (C=O) groups is 1. The Labute approximate surface area is 275 Å². The number of aliphatic carboxylic acids is 1. The van der Waals surface area contributed by atoms with E-state index < -0.39 is 50.5 Å². The van der Waals surface area contributed by atoms with Gasteiger partial charge in [-0.3, -0.25) is 9.10 Å². The molecule has 2 aliphatic rings. The average molecular weight is 693 g/mol. The van der Waals surface area contributed by atoms with E-state index >= 15 is 0 Å². The van der Waals surface area contributed by atoms with E-state index in [1.807, 2.05) is 4.90 Å². The minimum atomic E-state index is -4.75. The Morgan fingerprint density at radius 3 is 2.47 bits per heavy atom. The van der Waals surface area contributed by atoms with Gasteiger partial charge in [0.15, 0.2) is 0 Å². The van der Waals surface area contributed by atoms with Crippen molar-refractivity contribution in [3.8, 4) is 5.75 Å². The second kappa shape index (κ2) is 13.6. The Hall–Kier alpha value is -4.03. The van der Waals surface area contributed by atoms with Gasteiger partial charge in [-0.1, -0.05) is 42.5 Å². The van der Waals surface area contributed by atoms with Crippen molar-refractivity contribution in [2.24, 2.45) is 5.92 Å². The van der Waals surface area contributed by atoms with E-state index in [9.17, 15) is 35.9 Å². The lowest BCUT2D eigenvalue weighted by Crippen LogP contribution is -2.44. The molecule has 0 aliphatic carbocycles. The molecule has 5 rings (SSSR count). The molecule has 0 aromatic heterocycles. The summed E-state index contributed by atoms with van der Waals surface area (Å²) in [5.41, 5.74) is 0.934. The summed E-state index contributed by atoms with van der Waals surface area (Å²) in [6, 6.07) is 12.6. The van der Waals surface area contributed by atoms with Crippen LogP contribution in [0, 0.1) is 11.7 Å². The van der Waals surface area contributed by atoms with Crippen LogP contribution in [0.2, 0.25) is 5.02 Å². The topological polar surface area (TPSA) is 87.2 Å². The molecule has 2 aliphatic heterocycles. The van der Waals surface area contributed by atoms with Crippen molar-refractivity contribution in [2.75, 3.05) is 23.9 Å². The van der Waals surface area contributed by atoms with Crippen LogP contribution in [0.4, 0.5) is 23.2 Å². The predicted molar refractivity (Wildman–Crippen MR) is 172 cm³/mol.